The van der Waals surface area contributed by atoms with Gasteiger partial charge in [0.1, 0.15) is 5.69 Å². The molecule has 1 saturated heterocycles. The molecule has 0 bridgehead atoms. The molecule has 0 aliphatic carbocycles. The third kappa shape index (κ3) is 2.91. The van der Waals surface area contributed by atoms with Gasteiger partial charge in [0.25, 0.3) is 11.9 Å². The van der Waals surface area contributed by atoms with Crippen molar-refractivity contribution >= 4 is 11.6 Å². The van der Waals surface area contributed by atoms with Crippen LogP contribution in [0.1, 0.15) is 0 Å². The van der Waals surface area contributed by atoms with Crippen molar-refractivity contribution < 1.29 is 22.3 Å². The van der Waals surface area contributed by atoms with Crippen LogP contribution in [0.5, 0.6) is 5.88 Å². The van der Waals surface area contributed by atoms with Crippen molar-refractivity contribution in [1.29, 1.82) is 0 Å². The van der Waals surface area contributed by atoms with Gasteiger partial charge in [-0.05, 0) is 0 Å². The molecule has 0 atom stereocenters. The Balaban J connectivity index is 1.78. The summed E-state index contributed by atoms with van der Waals surface area (Å²) < 4.78 is 59.1. The largest absolute Gasteiger partial charge is 0.481 e. The van der Waals surface area contributed by atoms with Gasteiger partial charge in [-0.25, -0.2) is 4.98 Å². The van der Waals surface area contributed by atoms with Gasteiger partial charge in [-0.15, -0.1) is 0 Å². The highest BCUT2D eigenvalue weighted by atomic mass is 19.2. The minimum atomic E-state index is -1.66. The lowest BCUT2D eigenvalue weighted by molar-refractivity contribution is 0.396. The van der Waals surface area contributed by atoms with Crippen LogP contribution in [0.4, 0.5) is 29.2 Å². The van der Waals surface area contributed by atoms with Crippen molar-refractivity contribution in [1.82, 2.24) is 15.0 Å². The summed E-state index contributed by atoms with van der Waals surface area (Å²) in [5, 5.41) is 0. The van der Waals surface area contributed by atoms with Gasteiger partial charge in [0.2, 0.25) is 23.5 Å². The second-order valence-corrected chi connectivity index (χ2v) is 5.04. The van der Waals surface area contributed by atoms with E-state index in [1.54, 1.807) is 11.0 Å². The van der Waals surface area contributed by atoms with E-state index in [4.69, 9.17) is 4.74 Å². The normalized spacial score (nSPS) is 14.9. The Morgan fingerprint density at radius 2 is 1.50 bits per heavy atom. The van der Waals surface area contributed by atoms with E-state index >= 15 is 0 Å². The van der Waals surface area contributed by atoms with Crippen LogP contribution in [-0.4, -0.2) is 48.2 Å². The molecule has 128 valence electrons. The molecule has 1 aliphatic rings. The first-order valence-electron chi connectivity index (χ1n) is 7.08. The van der Waals surface area contributed by atoms with Crippen LogP contribution in [-0.2, 0) is 0 Å². The van der Waals surface area contributed by atoms with E-state index in [1.807, 2.05) is 0 Å². The summed E-state index contributed by atoms with van der Waals surface area (Å²) in [5.74, 6) is -5.54. The zero-order valence-corrected chi connectivity index (χ0v) is 12.6. The zero-order valence-electron chi connectivity index (χ0n) is 12.6. The third-order valence-electron chi connectivity index (χ3n) is 3.68. The molecular weight excluding hydrogens is 330 g/mol. The van der Waals surface area contributed by atoms with E-state index in [1.165, 1.54) is 18.2 Å². The van der Waals surface area contributed by atoms with Crippen LogP contribution in [0.15, 0.2) is 12.3 Å². The molecule has 3 rings (SSSR count). The number of aromatic nitrogens is 3. The van der Waals surface area contributed by atoms with Gasteiger partial charge >= 0.3 is 0 Å². The number of hydrogen-bond acceptors (Lipinski definition) is 6. The second-order valence-electron chi connectivity index (χ2n) is 5.04. The number of pyridine rings is 1. The van der Waals surface area contributed by atoms with Crippen molar-refractivity contribution in [3.05, 3.63) is 35.8 Å². The first-order valence-corrected chi connectivity index (χ1v) is 7.08. The molecule has 1 aliphatic heterocycles. The van der Waals surface area contributed by atoms with Crippen molar-refractivity contribution in [2.24, 2.45) is 0 Å². The van der Waals surface area contributed by atoms with Gasteiger partial charge in [-0.1, -0.05) is 0 Å². The summed E-state index contributed by atoms with van der Waals surface area (Å²) in [6, 6.07) is 1.59. The van der Waals surface area contributed by atoms with E-state index in [0.717, 1.165) is 0 Å². The van der Waals surface area contributed by atoms with Crippen molar-refractivity contribution in [2.75, 3.05) is 43.1 Å². The van der Waals surface area contributed by atoms with Crippen molar-refractivity contribution in [3.63, 3.8) is 0 Å². The molecule has 0 radical (unpaired) electrons. The van der Waals surface area contributed by atoms with Crippen molar-refractivity contribution in [3.8, 4) is 5.88 Å². The Bertz CT molecular complexity index is 726. The van der Waals surface area contributed by atoms with Gasteiger partial charge in [0.15, 0.2) is 0 Å². The maximum atomic E-state index is 13.8. The van der Waals surface area contributed by atoms with Crippen LogP contribution in [0, 0.1) is 23.5 Å². The van der Waals surface area contributed by atoms with Gasteiger partial charge in [-0.2, -0.15) is 27.5 Å². The SMILES string of the molecule is COc1ccnc(N2CCN(c3c(F)c(F)nc(F)c3F)CC2)n1. The average Bonchev–Trinajstić information content (AvgIpc) is 2.61. The molecule has 3 heterocycles. The smallest absolute Gasteiger partial charge is 0.253 e. The van der Waals surface area contributed by atoms with Gasteiger partial charge < -0.3 is 14.5 Å². The molecule has 24 heavy (non-hydrogen) atoms. The zero-order chi connectivity index (χ0) is 17.3. The Labute approximate surface area is 134 Å². The minimum Gasteiger partial charge on any atom is -0.481 e. The molecule has 0 saturated carbocycles. The Morgan fingerprint density at radius 3 is 2.08 bits per heavy atom. The summed E-state index contributed by atoms with van der Waals surface area (Å²) in [5.41, 5.74) is -0.744. The topological polar surface area (TPSA) is 54.4 Å². The minimum absolute atomic E-state index is 0.136. The number of ether oxygens (including phenoxy) is 1. The summed E-state index contributed by atoms with van der Waals surface area (Å²) in [6.45, 7) is 0.907. The molecule has 2 aromatic rings. The second kappa shape index (κ2) is 6.46. The molecule has 6 nitrogen and oxygen atoms in total. The highest BCUT2D eigenvalue weighted by molar-refractivity contribution is 5.50. The molecule has 2 aromatic heterocycles. The van der Waals surface area contributed by atoms with Crippen LogP contribution in [0.25, 0.3) is 0 Å². The molecular formula is C14H13F4N5O. The standard InChI is InChI=1S/C14H13F4N5O/c1-24-8-2-3-19-14(20-8)23-6-4-22(5-7-23)11-9(15)12(17)21-13(18)10(11)16/h2-3H,4-7H2,1H3. The lowest BCUT2D eigenvalue weighted by Gasteiger charge is -2.36. The summed E-state index contributed by atoms with van der Waals surface area (Å²) >= 11 is 0. The maximum absolute atomic E-state index is 13.8. The molecule has 1 fully saturated rings. The van der Waals surface area contributed by atoms with Crippen LogP contribution < -0.4 is 14.5 Å². The van der Waals surface area contributed by atoms with Crippen LogP contribution in [0.2, 0.25) is 0 Å². The highest BCUT2D eigenvalue weighted by Gasteiger charge is 2.28. The molecule has 0 spiro atoms. The number of hydrogen-bond donors (Lipinski definition) is 0. The predicted octanol–water partition coefficient (Wildman–Crippen LogP) is 1.76. The number of rotatable bonds is 3. The summed E-state index contributed by atoms with van der Waals surface area (Å²) in [4.78, 5) is 13.8. The maximum Gasteiger partial charge on any atom is 0.253 e. The fourth-order valence-corrected chi connectivity index (χ4v) is 2.48. The van der Waals surface area contributed by atoms with E-state index < -0.39 is 29.2 Å². The lowest BCUT2D eigenvalue weighted by atomic mass is 10.2. The lowest BCUT2D eigenvalue weighted by Crippen LogP contribution is -2.48. The Morgan fingerprint density at radius 1 is 0.917 bits per heavy atom. The first kappa shape index (κ1) is 16.2. The number of piperazine rings is 1. The fraction of sp³-hybridized carbons (Fsp3) is 0.357. The van der Waals surface area contributed by atoms with Gasteiger partial charge in [0, 0.05) is 38.4 Å². The Hall–Kier alpha value is -2.65. The predicted molar refractivity (Wildman–Crippen MR) is 77.1 cm³/mol. The Kier molecular flexibility index (Phi) is 4.36. The van der Waals surface area contributed by atoms with E-state index in [0.29, 0.717) is 24.9 Å². The average molecular weight is 343 g/mol. The molecule has 0 aromatic carbocycles. The number of halogens is 4. The van der Waals surface area contributed by atoms with Gasteiger partial charge in [0.05, 0.1) is 7.11 Å². The van der Waals surface area contributed by atoms with E-state index in [9.17, 15) is 17.6 Å². The number of methoxy groups -OCH3 is 1. The van der Waals surface area contributed by atoms with Crippen LogP contribution >= 0.6 is 0 Å². The third-order valence-corrected chi connectivity index (χ3v) is 3.68. The quantitative estimate of drug-likeness (QED) is 0.625. The molecule has 10 heteroatoms. The highest BCUT2D eigenvalue weighted by Crippen LogP contribution is 2.27. The van der Waals surface area contributed by atoms with E-state index in [2.05, 4.69) is 15.0 Å². The number of anilines is 2. The molecule has 0 N–H and O–H groups in total. The van der Waals surface area contributed by atoms with E-state index in [-0.39, 0.29) is 13.1 Å². The van der Waals surface area contributed by atoms with Crippen molar-refractivity contribution in [2.45, 2.75) is 0 Å². The fourth-order valence-electron chi connectivity index (χ4n) is 2.48. The van der Waals surface area contributed by atoms with Gasteiger partial charge in [-0.3, -0.25) is 0 Å². The van der Waals surface area contributed by atoms with Crippen LogP contribution in [0.3, 0.4) is 0 Å². The molecule has 0 unspecified atom stereocenters. The monoisotopic (exact) mass is 343 g/mol. The molecule has 0 amide bonds. The number of nitrogens with zero attached hydrogens (tertiary/aromatic N) is 5. The first-order chi connectivity index (χ1) is 11.5. The summed E-state index contributed by atoms with van der Waals surface area (Å²) in [7, 11) is 1.47. The summed E-state index contributed by atoms with van der Waals surface area (Å²) in [6.07, 6.45) is 1.53.